The third kappa shape index (κ3) is 4.57. The van der Waals surface area contributed by atoms with E-state index in [0.717, 1.165) is 24.2 Å². The number of rotatable bonds is 5. The summed E-state index contributed by atoms with van der Waals surface area (Å²) >= 11 is 0. The van der Waals surface area contributed by atoms with E-state index in [1.54, 1.807) is 4.90 Å². The monoisotopic (exact) mass is 353 g/mol. The van der Waals surface area contributed by atoms with Gasteiger partial charge >= 0.3 is 6.09 Å². The topological polar surface area (TPSA) is 49.8 Å². The molecule has 1 aliphatic rings. The van der Waals surface area contributed by atoms with Gasteiger partial charge in [-0.15, -0.1) is 0 Å². The standard InChI is InChI=1S/C22H27NO3/c1-16(2)12-19-14-23(22(24)25)11-10-18-13-20(8-9-21(18)19)26-15-17-6-4-3-5-7-17/h3-9,13,16,19H,10-12,14-15H2,1-2H3,(H,24,25). The second-order valence-electron chi connectivity index (χ2n) is 7.44. The van der Waals surface area contributed by atoms with Gasteiger partial charge in [-0.3, -0.25) is 0 Å². The van der Waals surface area contributed by atoms with Crippen LogP contribution in [0.1, 0.15) is 42.9 Å². The molecule has 2 aromatic carbocycles. The van der Waals surface area contributed by atoms with Crippen molar-refractivity contribution in [2.24, 2.45) is 5.92 Å². The molecule has 0 saturated heterocycles. The van der Waals surface area contributed by atoms with Crippen LogP contribution in [0.3, 0.4) is 0 Å². The maximum absolute atomic E-state index is 11.5. The molecule has 0 aromatic heterocycles. The van der Waals surface area contributed by atoms with E-state index >= 15 is 0 Å². The van der Waals surface area contributed by atoms with E-state index in [2.05, 4.69) is 26.0 Å². The Kier molecular flexibility index (Phi) is 5.82. The molecule has 0 fully saturated rings. The van der Waals surface area contributed by atoms with Crippen LogP contribution in [0.2, 0.25) is 0 Å². The second kappa shape index (κ2) is 8.26. The highest BCUT2D eigenvalue weighted by Crippen LogP contribution is 2.33. The Morgan fingerprint density at radius 3 is 2.69 bits per heavy atom. The van der Waals surface area contributed by atoms with Crippen LogP contribution in [0.5, 0.6) is 5.75 Å². The fraction of sp³-hybridized carbons (Fsp3) is 0.409. The lowest BCUT2D eigenvalue weighted by Gasteiger charge is -2.24. The fourth-order valence-corrected chi connectivity index (χ4v) is 3.68. The highest BCUT2D eigenvalue weighted by atomic mass is 16.5. The molecule has 138 valence electrons. The average molecular weight is 353 g/mol. The molecule has 1 unspecified atom stereocenters. The summed E-state index contributed by atoms with van der Waals surface area (Å²) in [5.74, 6) is 1.61. The lowest BCUT2D eigenvalue weighted by atomic mass is 9.87. The number of nitrogens with zero attached hydrogens (tertiary/aromatic N) is 1. The van der Waals surface area contributed by atoms with Crippen molar-refractivity contribution in [2.45, 2.75) is 39.2 Å². The van der Waals surface area contributed by atoms with Crippen molar-refractivity contribution in [3.8, 4) is 5.75 Å². The van der Waals surface area contributed by atoms with Crippen molar-refractivity contribution in [3.05, 3.63) is 65.2 Å². The molecule has 2 aromatic rings. The van der Waals surface area contributed by atoms with Gasteiger partial charge in [0.15, 0.2) is 0 Å². The lowest BCUT2D eigenvalue weighted by Crippen LogP contribution is -2.33. The molecule has 26 heavy (non-hydrogen) atoms. The first kappa shape index (κ1) is 18.3. The Bertz CT molecular complexity index is 742. The van der Waals surface area contributed by atoms with Crippen LogP contribution in [0.25, 0.3) is 0 Å². The zero-order valence-corrected chi connectivity index (χ0v) is 15.5. The maximum Gasteiger partial charge on any atom is 0.407 e. The SMILES string of the molecule is CC(C)CC1CN(C(=O)O)CCc2cc(OCc3ccccc3)ccc21. The normalized spacial score (nSPS) is 16.9. The minimum absolute atomic E-state index is 0.242. The molecule has 0 saturated carbocycles. The molecule has 0 radical (unpaired) electrons. The maximum atomic E-state index is 11.5. The molecule has 1 amide bonds. The second-order valence-corrected chi connectivity index (χ2v) is 7.44. The van der Waals surface area contributed by atoms with Gasteiger partial charge in [0.1, 0.15) is 12.4 Å². The lowest BCUT2D eigenvalue weighted by molar-refractivity contribution is 0.142. The predicted molar refractivity (Wildman–Crippen MR) is 103 cm³/mol. The summed E-state index contributed by atoms with van der Waals surface area (Å²) in [4.78, 5) is 13.1. The van der Waals surface area contributed by atoms with E-state index in [1.807, 2.05) is 36.4 Å². The van der Waals surface area contributed by atoms with Crippen molar-refractivity contribution in [1.29, 1.82) is 0 Å². The summed E-state index contributed by atoms with van der Waals surface area (Å²) in [6.45, 7) is 6.03. The van der Waals surface area contributed by atoms with Gasteiger partial charge in [0.05, 0.1) is 0 Å². The van der Waals surface area contributed by atoms with Gasteiger partial charge in [-0.2, -0.15) is 0 Å². The van der Waals surface area contributed by atoms with Crippen LogP contribution in [0, 0.1) is 5.92 Å². The fourth-order valence-electron chi connectivity index (χ4n) is 3.68. The van der Waals surface area contributed by atoms with Gasteiger partial charge in [-0.05, 0) is 47.6 Å². The molecule has 4 heteroatoms. The van der Waals surface area contributed by atoms with Gasteiger partial charge in [-0.1, -0.05) is 50.2 Å². The number of carboxylic acid groups (broad SMARTS) is 1. The van der Waals surface area contributed by atoms with E-state index in [1.165, 1.54) is 11.1 Å². The molecular formula is C22H27NO3. The Balaban J connectivity index is 1.79. The third-order valence-corrected chi connectivity index (χ3v) is 4.92. The number of hydrogen-bond acceptors (Lipinski definition) is 2. The average Bonchev–Trinajstić information content (AvgIpc) is 2.80. The number of benzene rings is 2. The van der Waals surface area contributed by atoms with Crippen molar-refractivity contribution in [3.63, 3.8) is 0 Å². The van der Waals surface area contributed by atoms with Crippen LogP contribution in [0.4, 0.5) is 4.79 Å². The Morgan fingerprint density at radius 2 is 2.00 bits per heavy atom. The van der Waals surface area contributed by atoms with E-state index < -0.39 is 6.09 Å². The molecular weight excluding hydrogens is 326 g/mol. The van der Waals surface area contributed by atoms with Crippen molar-refractivity contribution in [2.75, 3.05) is 13.1 Å². The number of carbonyl (C=O) groups is 1. The van der Waals surface area contributed by atoms with Crippen molar-refractivity contribution in [1.82, 2.24) is 4.90 Å². The summed E-state index contributed by atoms with van der Waals surface area (Å²) < 4.78 is 5.96. The number of fused-ring (bicyclic) bond motifs is 1. The van der Waals surface area contributed by atoms with Crippen LogP contribution in [-0.4, -0.2) is 29.2 Å². The van der Waals surface area contributed by atoms with E-state index in [9.17, 15) is 9.90 Å². The summed E-state index contributed by atoms with van der Waals surface area (Å²) in [6.07, 6.45) is 0.895. The minimum atomic E-state index is -0.827. The van der Waals surface area contributed by atoms with E-state index in [-0.39, 0.29) is 5.92 Å². The minimum Gasteiger partial charge on any atom is -0.489 e. The number of amides is 1. The highest BCUT2D eigenvalue weighted by molar-refractivity contribution is 5.65. The van der Waals surface area contributed by atoms with Crippen LogP contribution in [-0.2, 0) is 13.0 Å². The van der Waals surface area contributed by atoms with Gasteiger partial charge in [-0.25, -0.2) is 4.79 Å². The molecule has 3 rings (SSSR count). The van der Waals surface area contributed by atoms with E-state index in [0.29, 0.717) is 25.6 Å². The first-order valence-electron chi connectivity index (χ1n) is 9.30. The van der Waals surface area contributed by atoms with Crippen LogP contribution in [0.15, 0.2) is 48.5 Å². The molecule has 1 heterocycles. The van der Waals surface area contributed by atoms with Gasteiger partial charge in [0.2, 0.25) is 0 Å². The van der Waals surface area contributed by atoms with Crippen molar-refractivity contribution < 1.29 is 14.6 Å². The molecule has 0 aliphatic carbocycles. The first-order chi connectivity index (χ1) is 12.5. The quantitative estimate of drug-likeness (QED) is 0.829. The molecule has 0 bridgehead atoms. The number of ether oxygens (including phenoxy) is 1. The molecule has 0 spiro atoms. The Labute approximate surface area is 155 Å². The smallest absolute Gasteiger partial charge is 0.407 e. The van der Waals surface area contributed by atoms with Crippen molar-refractivity contribution >= 4 is 6.09 Å². The third-order valence-electron chi connectivity index (χ3n) is 4.92. The summed E-state index contributed by atoms with van der Waals surface area (Å²) in [7, 11) is 0. The van der Waals surface area contributed by atoms with Gasteiger partial charge in [0, 0.05) is 19.0 Å². The van der Waals surface area contributed by atoms with Gasteiger partial charge < -0.3 is 14.7 Å². The zero-order valence-electron chi connectivity index (χ0n) is 15.5. The van der Waals surface area contributed by atoms with Gasteiger partial charge in [0.25, 0.3) is 0 Å². The Morgan fingerprint density at radius 1 is 1.23 bits per heavy atom. The van der Waals surface area contributed by atoms with E-state index in [4.69, 9.17) is 4.74 Å². The Hall–Kier alpha value is -2.49. The molecule has 4 nitrogen and oxygen atoms in total. The molecule has 1 aliphatic heterocycles. The largest absolute Gasteiger partial charge is 0.489 e. The van der Waals surface area contributed by atoms with Crippen LogP contribution >= 0.6 is 0 Å². The summed E-state index contributed by atoms with van der Waals surface area (Å²) in [5, 5.41) is 9.46. The zero-order chi connectivity index (χ0) is 18.5. The summed E-state index contributed by atoms with van der Waals surface area (Å²) in [5.41, 5.74) is 3.62. The predicted octanol–water partition coefficient (Wildman–Crippen LogP) is 4.93. The molecule has 1 N–H and O–H groups in total. The summed E-state index contributed by atoms with van der Waals surface area (Å²) in [6, 6.07) is 16.4. The first-order valence-corrected chi connectivity index (χ1v) is 9.30. The van der Waals surface area contributed by atoms with Crippen LogP contribution < -0.4 is 4.74 Å². The highest BCUT2D eigenvalue weighted by Gasteiger charge is 2.26. The molecule has 1 atom stereocenters. The number of hydrogen-bond donors (Lipinski definition) is 1.